The van der Waals surface area contributed by atoms with Crippen molar-refractivity contribution >= 4 is 0 Å². The summed E-state index contributed by atoms with van der Waals surface area (Å²) in [6.07, 6.45) is 3.29. The summed E-state index contributed by atoms with van der Waals surface area (Å²) < 4.78 is 0. The van der Waals surface area contributed by atoms with Crippen molar-refractivity contribution in [3.8, 4) is 6.07 Å². The summed E-state index contributed by atoms with van der Waals surface area (Å²) in [4.78, 5) is 4.19. The minimum atomic E-state index is 0.407. The van der Waals surface area contributed by atoms with Crippen LogP contribution in [0, 0.1) is 17.2 Å². The predicted octanol–water partition coefficient (Wildman–Crippen LogP) is 2.17. The highest BCUT2D eigenvalue weighted by molar-refractivity contribution is 5.04. The zero-order chi connectivity index (χ0) is 8.81. The number of hydrogen-bond acceptors (Lipinski definition) is 2. The largest absolute Gasteiger partial charge is 0.261 e. The first-order valence-electron chi connectivity index (χ1n) is 4.10. The highest BCUT2D eigenvalue weighted by Gasteiger charge is 2.02. The Labute approximate surface area is 72.9 Å². The molecule has 0 aromatic carbocycles. The highest BCUT2D eigenvalue weighted by atomic mass is 14.7. The Morgan fingerprint density at radius 3 is 3.00 bits per heavy atom. The van der Waals surface area contributed by atoms with Crippen molar-refractivity contribution in [2.24, 2.45) is 5.92 Å². The van der Waals surface area contributed by atoms with Gasteiger partial charge in [-0.2, -0.15) is 5.26 Å². The fourth-order valence-electron chi connectivity index (χ4n) is 1.10. The molecule has 0 bridgehead atoms. The molecule has 12 heavy (non-hydrogen) atoms. The molecule has 0 saturated carbocycles. The number of pyridine rings is 1. The van der Waals surface area contributed by atoms with E-state index in [4.69, 9.17) is 5.26 Å². The molecule has 1 heterocycles. The Morgan fingerprint density at radius 2 is 2.42 bits per heavy atom. The Balaban J connectivity index is 2.48. The molecule has 0 aliphatic rings. The van der Waals surface area contributed by atoms with E-state index in [1.54, 1.807) is 6.20 Å². The van der Waals surface area contributed by atoms with Crippen LogP contribution < -0.4 is 0 Å². The van der Waals surface area contributed by atoms with E-state index in [2.05, 4.69) is 18.0 Å². The molecule has 1 aromatic rings. The number of aromatic nitrogens is 1. The summed E-state index contributed by atoms with van der Waals surface area (Å²) in [6, 6.07) is 8.03. The highest BCUT2D eigenvalue weighted by Crippen LogP contribution is 2.08. The van der Waals surface area contributed by atoms with Crippen LogP contribution in [0.1, 0.15) is 19.0 Å². The summed E-state index contributed by atoms with van der Waals surface area (Å²) in [5.41, 5.74) is 1.07. The van der Waals surface area contributed by atoms with Crippen LogP contribution in [0.25, 0.3) is 0 Å². The number of rotatable bonds is 3. The van der Waals surface area contributed by atoms with Gasteiger partial charge in [0.2, 0.25) is 0 Å². The third kappa shape index (κ3) is 2.71. The molecule has 0 spiro atoms. The van der Waals surface area contributed by atoms with Crippen LogP contribution in [0.2, 0.25) is 0 Å². The second-order valence-electron chi connectivity index (χ2n) is 2.99. The molecule has 62 valence electrons. The lowest BCUT2D eigenvalue weighted by Gasteiger charge is -2.04. The van der Waals surface area contributed by atoms with Crippen molar-refractivity contribution in [3.05, 3.63) is 30.1 Å². The van der Waals surface area contributed by atoms with Crippen LogP contribution >= 0.6 is 0 Å². The van der Waals surface area contributed by atoms with E-state index in [0.29, 0.717) is 12.3 Å². The van der Waals surface area contributed by atoms with E-state index in [1.165, 1.54) is 0 Å². The third-order valence-electron chi connectivity index (χ3n) is 1.72. The van der Waals surface area contributed by atoms with E-state index in [9.17, 15) is 0 Å². The van der Waals surface area contributed by atoms with Crippen molar-refractivity contribution in [3.63, 3.8) is 0 Å². The molecule has 0 amide bonds. The van der Waals surface area contributed by atoms with Gasteiger partial charge in [-0.25, -0.2) is 0 Å². The lowest BCUT2D eigenvalue weighted by Crippen LogP contribution is -1.99. The minimum absolute atomic E-state index is 0.407. The topological polar surface area (TPSA) is 36.7 Å². The maximum absolute atomic E-state index is 8.44. The third-order valence-corrected chi connectivity index (χ3v) is 1.72. The van der Waals surface area contributed by atoms with Crippen LogP contribution in [0.15, 0.2) is 24.4 Å². The lowest BCUT2D eigenvalue weighted by molar-refractivity contribution is 0.587. The Bertz CT molecular complexity index is 261. The second-order valence-corrected chi connectivity index (χ2v) is 2.99. The van der Waals surface area contributed by atoms with Crippen LogP contribution in [0.4, 0.5) is 0 Å². The molecule has 0 aliphatic carbocycles. The molecule has 1 unspecified atom stereocenters. The van der Waals surface area contributed by atoms with Gasteiger partial charge in [0.1, 0.15) is 0 Å². The molecule has 0 aliphatic heterocycles. The Morgan fingerprint density at radius 1 is 1.58 bits per heavy atom. The van der Waals surface area contributed by atoms with Crippen molar-refractivity contribution in [1.29, 1.82) is 5.26 Å². The molecule has 0 fully saturated rings. The van der Waals surface area contributed by atoms with Gasteiger partial charge in [-0.05, 0) is 24.5 Å². The molecule has 2 heteroatoms. The van der Waals surface area contributed by atoms with Gasteiger partial charge in [0.15, 0.2) is 0 Å². The predicted molar refractivity (Wildman–Crippen MR) is 47.3 cm³/mol. The first kappa shape index (κ1) is 8.73. The van der Waals surface area contributed by atoms with Crippen molar-refractivity contribution in [2.45, 2.75) is 19.8 Å². The minimum Gasteiger partial charge on any atom is -0.261 e. The maximum atomic E-state index is 8.44. The number of nitriles is 1. The molecule has 1 rings (SSSR count). The standard InChI is InChI=1S/C10H12N2/c1-9(5-6-11)8-10-4-2-3-7-12-10/h2-4,7,9H,5,8H2,1H3. The quantitative estimate of drug-likeness (QED) is 0.679. The number of nitrogens with zero attached hydrogens (tertiary/aromatic N) is 2. The zero-order valence-corrected chi connectivity index (χ0v) is 7.20. The normalized spacial score (nSPS) is 12.0. The summed E-state index contributed by atoms with van der Waals surface area (Å²) in [5, 5.41) is 8.44. The van der Waals surface area contributed by atoms with E-state index >= 15 is 0 Å². The summed E-state index contributed by atoms with van der Waals surface area (Å²) in [6.45, 7) is 2.07. The van der Waals surface area contributed by atoms with Crippen LogP contribution in [-0.4, -0.2) is 4.98 Å². The molecular weight excluding hydrogens is 148 g/mol. The Kier molecular flexibility index (Phi) is 3.28. The first-order valence-corrected chi connectivity index (χ1v) is 4.10. The van der Waals surface area contributed by atoms with Gasteiger partial charge >= 0.3 is 0 Å². The summed E-state index contributed by atoms with van der Waals surface area (Å²) in [7, 11) is 0. The van der Waals surface area contributed by atoms with Crippen molar-refractivity contribution in [2.75, 3.05) is 0 Å². The van der Waals surface area contributed by atoms with E-state index in [1.807, 2.05) is 18.2 Å². The SMILES string of the molecule is CC(CC#N)Cc1ccccn1. The smallest absolute Gasteiger partial charge is 0.0624 e. The van der Waals surface area contributed by atoms with Crippen molar-refractivity contribution in [1.82, 2.24) is 4.98 Å². The average molecular weight is 160 g/mol. The summed E-state index contributed by atoms with van der Waals surface area (Å²) >= 11 is 0. The van der Waals surface area contributed by atoms with Crippen LogP contribution in [-0.2, 0) is 6.42 Å². The van der Waals surface area contributed by atoms with Gasteiger partial charge in [-0.15, -0.1) is 0 Å². The number of hydrogen-bond donors (Lipinski definition) is 0. The molecule has 0 radical (unpaired) electrons. The van der Waals surface area contributed by atoms with Gasteiger partial charge in [0.05, 0.1) is 6.07 Å². The first-order chi connectivity index (χ1) is 5.83. The second kappa shape index (κ2) is 4.50. The fourth-order valence-corrected chi connectivity index (χ4v) is 1.10. The maximum Gasteiger partial charge on any atom is 0.0624 e. The van der Waals surface area contributed by atoms with E-state index in [-0.39, 0.29) is 0 Å². The van der Waals surface area contributed by atoms with E-state index < -0.39 is 0 Å². The molecule has 2 nitrogen and oxygen atoms in total. The van der Waals surface area contributed by atoms with Crippen LogP contribution in [0.5, 0.6) is 0 Å². The van der Waals surface area contributed by atoms with Gasteiger partial charge in [-0.1, -0.05) is 13.0 Å². The van der Waals surface area contributed by atoms with Gasteiger partial charge in [-0.3, -0.25) is 4.98 Å². The monoisotopic (exact) mass is 160 g/mol. The fraction of sp³-hybridized carbons (Fsp3) is 0.400. The van der Waals surface area contributed by atoms with Crippen LogP contribution in [0.3, 0.4) is 0 Å². The van der Waals surface area contributed by atoms with Gasteiger partial charge in [0, 0.05) is 18.3 Å². The van der Waals surface area contributed by atoms with Crippen molar-refractivity contribution < 1.29 is 0 Å². The van der Waals surface area contributed by atoms with Gasteiger partial charge in [0.25, 0.3) is 0 Å². The molecular formula is C10H12N2. The molecule has 0 saturated heterocycles. The average Bonchev–Trinajstić information content (AvgIpc) is 2.06. The molecule has 1 atom stereocenters. The summed E-state index contributed by atoms with van der Waals surface area (Å²) in [5.74, 6) is 0.407. The zero-order valence-electron chi connectivity index (χ0n) is 7.20. The Hall–Kier alpha value is -1.36. The van der Waals surface area contributed by atoms with Gasteiger partial charge < -0.3 is 0 Å². The molecule has 0 N–H and O–H groups in total. The van der Waals surface area contributed by atoms with E-state index in [0.717, 1.165) is 12.1 Å². The lowest BCUT2D eigenvalue weighted by atomic mass is 10.0. The molecule has 1 aromatic heterocycles.